The van der Waals surface area contributed by atoms with Gasteiger partial charge in [0.15, 0.2) is 6.10 Å². The van der Waals surface area contributed by atoms with Crippen LogP contribution in [-0.4, -0.2) is 59.9 Å². The predicted octanol–water partition coefficient (Wildman–Crippen LogP) is 12.6. The Morgan fingerprint density at radius 1 is 0.500 bits per heavy atom. The highest BCUT2D eigenvalue weighted by Crippen LogP contribution is 2.43. The summed E-state index contributed by atoms with van der Waals surface area (Å²) in [5.74, 6) is -2.54. The Hall–Kier alpha value is -3.86. The van der Waals surface area contributed by atoms with Crippen molar-refractivity contribution < 1.29 is 47.5 Å². The molecule has 62 heavy (non-hydrogen) atoms. The summed E-state index contributed by atoms with van der Waals surface area (Å²) in [6, 6.07) is -1.54. The molecule has 3 atom stereocenters. The maximum atomic E-state index is 12.6. The molecule has 0 fully saturated rings. The van der Waals surface area contributed by atoms with E-state index in [0.717, 1.165) is 77.0 Å². The summed E-state index contributed by atoms with van der Waals surface area (Å²) in [5, 5.41) is 8.90. The zero-order valence-corrected chi connectivity index (χ0v) is 38.8. The second-order valence-electron chi connectivity index (χ2n) is 14.8. The molecule has 350 valence electrons. The number of carbonyl (C=O) groups is 3. The van der Waals surface area contributed by atoms with Gasteiger partial charge in [-0.2, -0.15) is 0 Å². The van der Waals surface area contributed by atoms with Crippen LogP contribution < -0.4 is 5.73 Å². The second kappa shape index (κ2) is 43.8. The molecule has 0 heterocycles. The van der Waals surface area contributed by atoms with Crippen LogP contribution in [0, 0.1) is 0 Å². The normalized spacial score (nSPS) is 14.6. The number of aliphatic carboxylic acids is 1. The van der Waals surface area contributed by atoms with Crippen LogP contribution in [0.5, 0.6) is 0 Å². The minimum Gasteiger partial charge on any atom is -0.480 e. The molecule has 0 rings (SSSR count). The Balaban J connectivity index is 4.55. The second-order valence-corrected chi connectivity index (χ2v) is 16.3. The number of phosphoric acid groups is 1. The van der Waals surface area contributed by atoms with Gasteiger partial charge in [0.25, 0.3) is 0 Å². The van der Waals surface area contributed by atoms with E-state index >= 15 is 0 Å². The van der Waals surface area contributed by atoms with E-state index < -0.39 is 57.7 Å². The first-order chi connectivity index (χ1) is 30.1. The van der Waals surface area contributed by atoms with Gasteiger partial charge in [-0.05, 0) is 96.3 Å². The standard InChI is InChI=1S/C50H80NO10P/c1-3-5-7-9-11-13-15-17-19-21-23-25-27-29-31-33-35-37-39-41-48(52)58-43-46(44-59-62(56,57)60-45-47(51)50(54)55)61-49(53)42-40-38-36-34-32-30-28-26-24-22-20-18-16-14-12-10-8-6-4-2/h11-14,17-20,23-26,29-32,35,37,46-47H,3-10,15-16,21-22,27-28,33-34,36,38-45,51H2,1-2H3,(H,54,55)(H,56,57)/b13-11-,14-12-,19-17-,20-18-,25-23-,26-24-,31-29-,32-30-,37-35-/t46-,47+/m1/s1. The number of carboxylic acid groups (broad SMARTS) is 1. The molecule has 0 saturated carbocycles. The fraction of sp³-hybridized carbons (Fsp3) is 0.580. The number of ether oxygens (including phenoxy) is 2. The van der Waals surface area contributed by atoms with Gasteiger partial charge in [-0.3, -0.25) is 23.4 Å². The number of nitrogens with two attached hydrogens (primary N) is 1. The van der Waals surface area contributed by atoms with E-state index in [1.165, 1.54) is 38.5 Å². The van der Waals surface area contributed by atoms with Crippen LogP contribution in [0.15, 0.2) is 109 Å². The monoisotopic (exact) mass is 886 g/mol. The molecule has 0 amide bonds. The molecule has 12 heteroatoms. The van der Waals surface area contributed by atoms with Crippen molar-refractivity contribution in [2.45, 2.75) is 167 Å². The van der Waals surface area contributed by atoms with Crippen molar-refractivity contribution in [3.05, 3.63) is 109 Å². The molecule has 0 saturated heterocycles. The number of allylic oxidation sites excluding steroid dienone is 18. The van der Waals surface area contributed by atoms with Crippen molar-refractivity contribution >= 4 is 25.7 Å². The number of hydrogen-bond donors (Lipinski definition) is 3. The fourth-order valence-electron chi connectivity index (χ4n) is 5.38. The summed E-state index contributed by atoms with van der Waals surface area (Å²) in [4.78, 5) is 46.0. The minimum atomic E-state index is -4.75. The van der Waals surface area contributed by atoms with Gasteiger partial charge >= 0.3 is 25.7 Å². The summed E-state index contributed by atoms with van der Waals surface area (Å²) in [5.41, 5.74) is 5.33. The summed E-state index contributed by atoms with van der Waals surface area (Å²) >= 11 is 0. The maximum Gasteiger partial charge on any atom is 0.472 e. The predicted molar refractivity (Wildman–Crippen MR) is 253 cm³/mol. The van der Waals surface area contributed by atoms with E-state index in [-0.39, 0.29) is 12.8 Å². The van der Waals surface area contributed by atoms with Gasteiger partial charge in [-0.1, -0.05) is 155 Å². The molecular formula is C50H80NO10P. The fourth-order valence-corrected chi connectivity index (χ4v) is 6.16. The number of phosphoric ester groups is 1. The first-order valence-corrected chi connectivity index (χ1v) is 24.4. The van der Waals surface area contributed by atoms with Crippen LogP contribution in [0.4, 0.5) is 0 Å². The van der Waals surface area contributed by atoms with Gasteiger partial charge in [-0.15, -0.1) is 0 Å². The van der Waals surface area contributed by atoms with Crippen LogP contribution in [-0.2, 0) is 37.5 Å². The molecule has 0 aromatic carbocycles. The smallest absolute Gasteiger partial charge is 0.472 e. The van der Waals surface area contributed by atoms with E-state index in [4.69, 9.17) is 24.8 Å². The van der Waals surface area contributed by atoms with Crippen molar-refractivity contribution in [1.29, 1.82) is 0 Å². The molecule has 0 aromatic rings. The van der Waals surface area contributed by atoms with Gasteiger partial charge in [0.1, 0.15) is 12.6 Å². The van der Waals surface area contributed by atoms with Crippen molar-refractivity contribution in [2.75, 3.05) is 19.8 Å². The van der Waals surface area contributed by atoms with Crippen LogP contribution in [0.1, 0.15) is 155 Å². The lowest BCUT2D eigenvalue weighted by molar-refractivity contribution is -0.161. The number of carbonyl (C=O) groups excluding carboxylic acids is 2. The number of carboxylic acids is 1. The first kappa shape index (κ1) is 58.1. The molecule has 0 bridgehead atoms. The highest BCUT2D eigenvalue weighted by atomic mass is 31.2. The lowest BCUT2D eigenvalue weighted by Gasteiger charge is -2.20. The number of esters is 2. The average molecular weight is 886 g/mol. The van der Waals surface area contributed by atoms with Gasteiger partial charge in [0, 0.05) is 12.8 Å². The summed E-state index contributed by atoms with van der Waals surface area (Å²) in [6.45, 7) is 2.62. The zero-order valence-electron chi connectivity index (χ0n) is 37.9. The molecule has 0 aliphatic carbocycles. The minimum absolute atomic E-state index is 0.0841. The molecule has 11 nitrogen and oxygen atoms in total. The van der Waals surface area contributed by atoms with Crippen LogP contribution in [0.3, 0.4) is 0 Å². The van der Waals surface area contributed by atoms with E-state index in [1.54, 1.807) is 0 Å². The van der Waals surface area contributed by atoms with E-state index in [1.807, 2.05) is 12.2 Å². The summed E-state index contributed by atoms with van der Waals surface area (Å²) in [7, 11) is -4.75. The molecule has 1 unspecified atom stereocenters. The largest absolute Gasteiger partial charge is 0.480 e. The zero-order chi connectivity index (χ0) is 45.6. The first-order valence-electron chi connectivity index (χ1n) is 22.9. The highest BCUT2D eigenvalue weighted by Gasteiger charge is 2.28. The number of rotatable bonds is 41. The quantitative estimate of drug-likeness (QED) is 0.0231. The Morgan fingerprint density at radius 3 is 1.31 bits per heavy atom. The number of unbranched alkanes of at least 4 members (excludes halogenated alkanes) is 9. The third kappa shape index (κ3) is 42.8. The van der Waals surface area contributed by atoms with Crippen LogP contribution in [0.25, 0.3) is 0 Å². The van der Waals surface area contributed by atoms with Gasteiger partial charge in [-0.25, -0.2) is 4.57 Å². The van der Waals surface area contributed by atoms with Crippen molar-refractivity contribution in [2.24, 2.45) is 5.73 Å². The highest BCUT2D eigenvalue weighted by molar-refractivity contribution is 7.47. The third-order valence-corrected chi connectivity index (χ3v) is 9.96. The SMILES string of the molecule is CCCCC/C=C\C/C=C\C/C=C\C/C=C\C/C=C\CCC(=O)OC[C@H](COP(=O)(O)OC[C@H](N)C(=O)O)OC(=O)CCCCC/C=C\C/C=C\C/C=C\C/C=C\CCCCC. The van der Waals surface area contributed by atoms with E-state index in [2.05, 4.69) is 116 Å². The Bertz CT molecular complexity index is 1460. The summed E-state index contributed by atoms with van der Waals surface area (Å²) < 4.78 is 32.6. The number of hydrogen-bond acceptors (Lipinski definition) is 9. The van der Waals surface area contributed by atoms with Crippen LogP contribution >= 0.6 is 7.82 Å². The summed E-state index contributed by atoms with van der Waals surface area (Å²) in [6.07, 6.45) is 57.3. The Labute approximate surface area is 374 Å². The van der Waals surface area contributed by atoms with Gasteiger partial charge < -0.3 is 25.2 Å². The van der Waals surface area contributed by atoms with E-state index in [9.17, 15) is 23.8 Å². The topological polar surface area (TPSA) is 172 Å². The van der Waals surface area contributed by atoms with Crippen LogP contribution in [0.2, 0.25) is 0 Å². The molecular weight excluding hydrogens is 806 g/mol. The molecule has 4 N–H and O–H groups in total. The van der Waals surface area contributed by atoms with Crippen molar-refractivity contribution in [3.63, 3.8) is 0 Å². The lowest BCUT2D eigenvalue weighted by atomic mass is 10.1. The van der Waals surface area contributed by atoms with Gasteiger partial charge in [0.2, 0.25) is 0 Å². The lowest BCUT2D eigenvalue weighted by Crippen LogP contribution is -2.34. The van der Waals surface area contributed by atoms with Crippen molar-refractivity contribution in [1.82, 2.24) is 0 Å². The van der Waals surface area contributed by atoms with E-state index in [0.29, 0.717) is 12.8 Å². The maximum absolute atomic E-state index is 12.6. The Morgan fingerprint density at radius 2 is 0.887 bits per heavy atom. The molecule has 0 aliphatic rings. The third-order valence-electron chi connectivity index (χ3n) is 9.01. The van der Waals surface area contributed by atoms with Crippen molar-refractivity contribution in [3.8, 4) is 0 Å². The molecule has 0 spiro atoms. The molecule has 0 aliphatic heterocycles. The van der Waals surface area contributed by atoms with Gasteiger partial charge in [0.05, 0.1) is 13.2 Å². The molecule has 0 aromatic heterocycles. The average Bonchev–Trinajstić information content (AvgIpc) is 3.25. The molecule has 0 radical (unpaired) electrons. The Kier molecular flexibility index (Phi) is 41.0.